The summed E-state index contributed by atoms with van der Waals surface area (Å²) in [5.74, 6) is 2.19. The lowest BCUT2D eigenvalue weighted by molar-refractivity contribution is 0.146. The van der Waals surface area contributed by atoms with Gasteiger partial charge in [-0.25, -0.2) is 9.37 Å². The number of rotatable bonds is 7. The maximum Gasteiger partial charge on any atom is 0.261 e. The maximum absolute atomic E-state index is 14.6. The van der Waals surface area contributed by atoms with Crippen LogP contribution in [0.5, 0.6) is 5.75 Å². The molecule has 1 aromatic carbocycles. The van der Waals surface area contributed by atoms with Gasteiger partial charge in [-0.15, -0.1) is 11.6 Å². The SMILES string of the molecule is CC.O=c1[nH]c(CC2CCCC2)nc2cc(OCC3CCN(CCCl)CC3)cc(F)c12. The first kappa shape index (κ1) is 24.0. The van der Waals surface area contributed by atoms with Gasteiger partial charge in [0.25, 0.3) is 5.56 Å². The summed E-state index contributed by atoms with van der Waals surface area (Å²) in [5, 5.41) is 0.0157. The van der Waals surface area contributed by atoms with E-state index in [1.165, 1.54) is 31.7 Å². The zero-order valence-corrected chi connectivity index (χ0v) is 19.5. The molecule has 1 aliphatic carbocycles. The molecule has 1 N–H and O–H groups in total. The van der Waals surface area contributed by atoms with Gasteiger partial charge in [-0.2, -0.15) is 0 Å². The van der Waals surface area contributed by atoms with Gasteiger partial charge < -0.3 is 14.6 Å². The fourth-order valence-corrected chi connectivity index (χ4v) is 4.87. The zero-order chi connectivity index (χ0) is 22.2. The minimum Gasteiger partial charge on any atom is -0.493 e. The largest absolute Gasteiger partial charge is 0.493 e. The van der Waals surface area contributed by atoms with Crippen molar-refractivity contribution >= 4 is 22.5 Å². The molecule has 0 radical (unpaired) electrons. The van der Waals surface area contributed by atoms with E-state index < -0.39 is 11.4 Å². The molecule has 31 heavy (non-hydrogen) atoms. The Hall–Kier alpha value is -1.66. The Morgan fingerprint density at radius 2 is 1.87 bits per heavy atom. The number of H-pyrrole nitrogens is 1. The van der Waals surface area contributed by atoms with Crippen molar-refractivity contribution in [1.82, 2.24) is 14.9 Å². The summed E-state index contributed by atoms with van der Waals surface area (Å²) >= 11 is 5.81. The molecule has 2 fully saturated rings. The first-order chi connectivity index (χ1) is 15.1. The smallest absolute Gasteiger partial charge is 0.261 e. The molecule has 0 bridgehead atoms. The third kappa shape index (κ3) is 6.42. The van der Waals surface area contributed by atoms with Gasteiger partial charge in [-0.1, -0.05) is 39.5 Å². The van der Waals surface area contributed by atoms with Crippen molar-refractivity contribution in [3.05, 3.63) is 34.1 Å². The number of alkyl halides is 1. The standard InChI is InChI=1S/C22H29ClFN3O2.C2H6/c23-7-10-27-8-5-16(6-9-27)14-29-17-12-18(24)21-19(13-17)25-20(26-22(21)28)11-15-3-1-2-4-15;1-2/h12-13,15-16H,1-11,14H2,(H,25,26,28);1-2H3. The normalized spacial score (nSPS) is 18.2. The molecule has 2 aromatic rings. The van der Waals surface area contributed by atoms with Crippen molar-refractivity contribution in [2.75, 3.05) is 32.1 Å². The number of aromatic amines is 1. The lowest BCUT2D eigenvalue weighted by Gasteiger charge is -2.31. The molecule has 2 heterocycles. The molecule has 1 saturated carbocycles. The highest BCUT2D eigenvalue weighted by Crippen LogP contribution is 2.28. The highest BCUT2D eigenvalue weighted by Gasteiger charge is 2.21. The first-order valence-corrected chi connectivity index (χ1v) is 12.3. The number of ether oxygens (including phenoxy) is 1. The van der Waals surface area contributed by atoms with Crippen molar-refractivity contribution in [2.24, 2.45) is 11.8 Å². The van der Waals surface area contributed by atoms with Gasteiger partial charge in [0.05, 0.1) is 12.1 Å². The molecule has 0 amide bonds. The third-order valence-electron chi connectivity index (χ3n) is 6.33. The van der Waals surface area contributed by atoms with Crippen molar-refractivity contribution in [2.45, 2.75) is 58.8 Å². The zero-order valence-electron chi connectivity index (χ0n) is 18.8. The van der Waals surface area contributed by atoms with E-state index in [2.05, 4.69) is 14.9 Å². The molecule has 1 aromatic heterocycles. The van der Waals surface area contributed by atoms with Gasteiger partial charge in [0.2, 0.25) is 0 Å². The summed E-state index contributed by atoms with van der Waals surface area (Å²) in [6.07, 6.45) is 7.66. The molecule has 5 nitrogen and oxygen atoms in total. The quantitative estimate of drug-likeness (QED) is 0.591. The first-order valence-electron chi connectivity index (χ1n) is 11.8. The summed E-state index contributed by atoms with van der Waals surface area (Å²) in [5.41, 5.74) is -0.0209. The van der Waals surface area contributed by atoms with Crippen LogP contribution in [0.25, 0.3) is 10.9 Å². The van der Waals surface area contributed by atoms with Gasteiger partial charge in [-0.05, 0) is 37.8 Å². The highest BCUT2D eigenvalue weighted by atomic mass is 35.5. The van der Waals surface area contributed by atoms with E-state index in [9.17, 15) is 9.18 Å². The Morgan fingerprint density at radius 1 is 1.16 bits per heavy atom. The Bertz CT molecular complexity index is 890. The summed E-state index contributed by atoms with van der Waals surface area (Å²) in [4.78, 5) is 22.1. The van der Waals surface area contributed by atoms with Crippen LogP contribution in [-0.4, -0.2) is 47.0 Å². The molecule has 0 spiro atoms. The van der Waals surface area contributed by atoms with Crippen LogP contribution in [0.3, 0.4) is 0 Å². The number of aromatic nitrogens is 2. The van der Waals surface area contributed by atoms with Gasteiger partial charge in [0.15, 0.2) is 0 Å². The van der Waals surface area contributed by atoms with Crippen molar-refractivity contribution in [1.29, 1.82) is 0 Å². The third-order valence-corrected chi connectivity index (χ3v) is 6.50. The summed E-state index contributed by atoms with van der Waals surface area (Å²) in [6.45, 7) is 7.52. The number of benzene rings is 1. The van der Waals surface area contributed by atoms with E-state index in [0.717, 1.165) is 38.9 Å². The highest BCUT2D eigenvalue weighted by molar-refractivity contribution is 6.18. The van der Waals surface area contributed by atoms with Gasteiger partial charge in [0, 0.05) is 31.0 Å². The Kier molecular flexibility index (Phi) is 9.15. The van der Waals surface area contributed by atoms with Crippen molar-refractivity contribution in [3.8, 4) is 5.75 Å². The van der Waals surface area contributed by atoms with Crippen LogP contribution in [0.1, 0.15) is 58.2 Å². The second-order valence-corrected chi connectivity index (χ2v) is 8.83. The van der Waals surface area contributed by atoms with Crippen LogP contribution in [0.15, 0.2) is 16.9 Å². The molecule has 4 rings (SSSR count). The Morgan fingerprint density at radius 3 is 2.55 bits per heavy atom. The van der Waals surface area contributed by atoms with Crippen LogP contribution in [-0.2, 0) is 6.42 Å². The molecule has 1 aliphatic heterocycles. The van der Waals surface area contributed by atoms with Gasteiger partial charge >= 0.3 is 0 Å². The van der Waals surface area contributed by atoms with Crippen molar-refractivity contribution in [3.63, 3.8) is 0 Å². The number of hydrogen-bond donors (Lipinski definition) is 1. The van der Waals surface area contributed by atoms with E-state index in [4.69, 9.17) is 16.3 Å². The molecule has 0 atom stereocenters. The molecule has 1 saturated heterocycles. The lowest BCUT2D eigenvalue weighted by Crippen LogP contribution is -2.36. The lowest BCUT2D eigenvalue weighted by atomic mass is 9.98. The monoisotopic (exact) mass is 451 g/mol. The fraction of sp³-hybridized carbons (Fsp3) is 0.667. The number of piperidine rings is 1. The number of fused-ring (bicyclic) bond motifs is 1. The molecule has 172 valence electrons. The van der Waals surface area contributed by atoms with E-state index in [0.29, 0.717) is 41.4 Å². The van der Waals surface area contributed by atoms with E-state index >= 15 is 0 Å². The number of halogens is 2. The maximum atomic E-state index is 14.6. The van der Waals surface area contributed by atoms with Crippen LogP contribution in [0, 0.1) is 17.7 Å². The number of likely N-dealkylation sites (tertiary alicyclic amines) is 1. The summed E-state index contributed by atoms with van der Waals surface area (Å²) in [7, 11) is 0. The number of hydrogen-bond acceptors (Lipinski definition) is 4. The van der Waals surface area contributed by atoms with E-state index in [1.54, 1.807) is 6.07 Å². The van der Waals surface area contributed by atoms with Crippen LogP contribution in [0.2, 0.25) is 0 Å². The summed E-state index contributed by atoms with van der Waals surface area (Å²) < 4.78 is 20.5. The molecular weight excluding hydrogens is 417 g/mol. The van der Waals surface area contributed by atoms with Crippen molar-refractivity contribution < 1.29 is 9.13 Å². The average Bonchev–Trinajstić information content (AvgIpc) is 3.27. The summed E-state index contributed by atoms with van der Waals surface area (Å²) in [6, 6.07) is 3.01. The van der Waals surface area contributed by atoms with Gasteiger partial charge in [0.1, 0.15) is 22.8 Å². The molecule has 7 heteroatoms. The minimum absolute atomic E-state index is 0.0157. The molecular formula is C24H35ClFN3O2. The van der Waals surface area contributed by atoms with Crippen LogP contribution < -0.4 is 10.3 Å². The average molecular weight is 452 g/mol. The predicted octanol–water partition coefficient (Wildman–Crippen LogP) is 5.15. The minimum atomic E-state index is -0.574. The van der Waals surface area contributed by atoms with Crippen LogP contribution in [0.4, 0.5) is 4.39 Å². The number of nitrogens with one attached hydrogen (secondary N) is 1. The fourth-order valence-electron chi connectivity index (χ4n) is 4.63. The molecule has 2 aliphatic rings. The van der Waals surface area contributed by atoms with E-state index in [1.807, 2.05) is 13.8 Å². The number of nitrogens with zero attached hydrogens (tertiary/aromatic N) is 2. The Labute approximate surface area is 189 Å². The Balaban J connectivity index is 0.00000132. The molecule has 0 unspecified atom stereocenters. The second-order valence-electron chi connectivity index (χ2n) is 8.45. The predicted molar refractivity (Wildman–Crippen MR) is 125 cm³/mol. The topological polar surface area (TPSA) is 58.2 Å². The second kappa shape index (κ2) is 11.8. The van der Waals surface area contributed by atoms with E-state index in [-0.39, 0.29) is 5.39 Å². The van der Waals surface area contributed by atoms with Crippen LogP contribution >= 0.6 is 11.6 Å². The van der Waals surface area contributed by atoms with Gasteiger partial charge in [-0.3, -0.25) is 4.79 Å².